The monoisotopic (exact) mass is 482 g/mol. The molecule has 4 N–H and O–H groups in total. The molecule has 1 aromatic carbocycles. The maximum atomic E-state index is 13.7. The molecule has 2 saturated carbocycles. The van der Waals surface area contributed by atoms with Crippen molar-refractivity contribution >= 4 is 34.7 Å². The number of fused-ring (bicyclic) bond motifs is 3. The highest BCUT2D eigenvalue weighted by molar-refractivity contribution is 6.32. The number of phenolic OH excluding ortho intramolecular Hbond substituents is 1. The number of nitrogens with two attached hydrogens (primary N) is 1. The standard InChI is InChI=1S/C24H26N4O7/c1-27(2)13-7-10(8-25)18(29)15-11(13)5-9-6-12-17(28(3)4)20(31)16(23(26)34)22(33)24(12,35)21(32)14(9)19(15)30/h7,9,12,14,16-17,29,35H,5-6H2,1-4H3,(H2,26,34)/t9-,12-,14?,16?,17+,24-/m0/s1. The molecule has 0 aliphatic heterocycles. The normalized spacial score (nSPS) is 32.0. The van der Waals surface area contributed by atoms with Gasteiger partial charge in [0.25, 0.3) is 0 Å². The lowest BCUT2D eigenvalue weighted by molar-refractivity contribution is -0.181. The lowest BCUT2D eigenvalue weighted by Gasteiger charge is -2.52. The molecule has 0 saturated heterocycles. The average molecular weight is 482 g/mol. The van der Waals surface area contributed by atoms with Crippen LogP contribution in [0.15, 0.2) is 6.07 Å². The van der Waals surface area contributed by atoms with Crippen LogP contribution in [-0.4, -0.2) is 84.0 Å². The van der Waals surface area contributed by atoms with Gasteiger partial charge in [-0.1, -0.05) is 0 Å². The van der Waals surface area contributed by atoms with Crippen molar-refractivity contribution in [1.82, 2.24) is 4.90 Å². The van der Waals surface area contributed by atoms with Crippen LogP contribution in [0, 0.1) is 35.0 Å². The molecular formula is C24H26N4O7. The smallest absolute Gasteiger partial charge is 0.235 e. The molecule has 35 heavy (non-hydrogen) atoms. The first-order chi connectivity index (χ1) is 16.3. The van der Waals surface area contributed by atoms with Crippen LogP contribution in [0.5, 0.6) is 5.75 Å². The summed E-state index contributed by atoms with van der Waals surface area (Å²) in [5.41, 5.74) is 3.14. The molecule has 1 amide bonds. The maximum Gasteiger partial charge on any atom is 0.235 e. The third-order valence-electron chi connectivity index (χ3n) is 7.64. The Kier molecular flexibility index (Phi) is 5.58. The minimum Gasteiger partial charge on any atom is -0.506 e. The van der Waals surface area contributed by atoms with Gasteiger partial charge < -0.3 is 20.8 Å². The quantitative estimate of drug-likeness (QED) is 0.443. The van der Waals surface area contributed by atoms with E-state index in [1.807, 2.05) is 6.07 Å². The van der Waals surface area contributed by atoms with Crippen molar-refractivity contribution in [2.75, 3.05) is 33.1 Å². The fourth-order valence-corrected chi connectivity index (χ4v) is 6.14. The van der Waals surface area contributed by atoms with Gasteiger partial charge in [-0.2, -0.15) is 5.26 Å². The van der Waals surface area contributed by atoms with Gasteiger partial charge in [0.1, 0.15) is 11.8 Å². The Bertz CT molecular complexity index is 1250. The topological polar surface area (TPSA) is 182 Å². The van der Waals surface area contributed by atoms with E-state index in [1.54, 1.807) is 19.0 Å². The minimum atomic E-state index is -2.77. The van der Waals surface area contributed by atoms with Crippen LogP contribution < -0.4 is 10.6 Å². The second kappa shape index (κ2) is 7.96. The molecule has 3 aliphatic rings. The van der Waals surface area contributed by atoms with Gasteiger partial charge in [-0.15, -0.1) is 0 Å². The molecule has 11 heteroatoms. The number of Topliss-reactive ketones (excluding diaryl/α,β-unsaturated/α-hetero) is 4. The Labute approximate surface area is 201 Å². The number of anilines is 1. The number of aliphatic hydroxyl groups is 1. The van der Waals surface area contributed by atoms with Gasteiger partial charge in [0.15, 0.2) is 34.7 Å². The van der Waals surface area contributed by atoms with Gasteiger partial charge in [0.05, 0.1) is 23.1 Å². The molecular weight excluding hydrogens is 456 g/mol. The summed E-state index contributed by atoms with van der Waals surface area (Å²) in [6.07, 6.45) is 0.107. The van der Waals surface area contributed by atoms with E-state index in [-0.39, 0.29) is 24.0 Å². The van der Waals surface area contributed by atoms with E-state index in [9.17, 15) is 39.4 Å². The lowest BCUT2D eigenvalue weighted by Crippen LogP contribution is -2.74. The number of hydrogen-bond acceptors (Lipinski definition) is 10. The molecule has 2 unspecified atom stereocenters. The summed E-state index contributed by atoms with van der Waals surface area (Å²) in [5.74, 6) is -11.2. The number of likely N-dealkylation sites (N-methyl/N-ethyl adjacent to an activating group) is 1. The van der Waals surface area contributed by atoms with Crippen LogP contribution in [0.3, 0.4) is 0 Å². The van der Waals surface area contributed by atoms with Gasteiger partial charge in [-0.25, -0.2) is 0 Å². The molecule has 0 radical (unpaired) electrons. The van der Waals surface area contributed by atoms with E-state index < -0.39 is 70.1 Å². The average Bonchev–Trinajstić information content (AvgIpc) is 2.75. The Hall–Kier alpha value is -3.62. The summed E-state index contributed by atoms with van der Waals surface area (Å²) in [5, 5.41) is 31.7. The van der Waals surface area contributed by atoms with Crippen molar-refractivity contribution in [2.45, 2.75) is 24.5 Å². The largest absolute Gasteiger partial charge is 0.506 e. The number of primary amides is 1. The fourth-order valence-electron chi connectivity index (χ4n) is 6.14. The predicted octanol–water partition coefficient (Wildman–Crippen LogP) is -1.20. The molecule has 0 bridgehead atoms. The first kappa shape index (κ1) is 24.5. The SMILES string of the molecule is CN(C)c1cc(C#N)c(O)c2c1C[C@H]1C[C@H]3[C@@H](N(C)C)C(=O)C(C(N)=O)C(=O)[C@@]3(O)C(=O)C1C2=O. The van der Waals surface area contributed by atoms with E-state index in [4.69, 9.17) is 5.73 Å². The number of hydrogen-bond donors (Lipinski definition) is 3. The fraction of sp³-hybridized carbons (Fsp3) is 0.500. The number of ketones is 4. The van der Waals surface area contributed by atoms with E-state index >= 15 is 0 Å². The number of benzene rings is 1. The van der Waals surface area contributed by atoms with Crippen molar-refractivity contribution in [1.29, 1.82) is 5.26 Å². The molecule has 0 heterocycles. The van der Waals surface area contributed by atoms with Crippen molar-refractivity contribution in [3.05, 3.63) is 22.8 Å². The maximum absolute atomic E-state index is 13.7. The van der Waals surface area contributed by atoms with Crippen LogP contribution in [0.1, 0.15) is 27.9 Å². The van der Waals surface area contributed by atoms with E-state index in [0.717, 1.165) is 0 Å². The number of amides is 1. The Morgan fingerprint density at radius 3 is 2.31 bits per heavy atom. The molecule has 1 aromatic rings. The van der Waals surface area contributed by atoms with Crippen LogP contribution in [-0.2, 0) is 25.6 Å². The third kappa shape index (κ3) is 3.13. The minimum absolute atomic E-state index is 0.0302. The van der Waals surface area contributed by atoms with Crippen molar-refractivity contribution in [3.63, 3.8) is 0 Å². The third-order valence-corrected chi connectivity index (χ3v) is 7.64. The van der Waals surface area contributed by atoms with Gasteiger partial charge in [-0.05, 0) is 44.5 Å². The Morgan fingerprint density at radius 1 is 1.17 bits per heavy atom. The molecule has 0 spiro atoms. The number of nitriles is 1. The molecule has 11 nitrogen and oxygen atoms in total. The molecule has 184 valence electrons. The summed E-state index contributed by atoms with van der Waals surface area (Å²) in [4.78, 5) is 68.8. The highest BCUT2D eigenvalue weighted by Crippen LogP contribution is 2.52. The van der Waals surface area contributed by atoms with Gasteiger partial charge in [0, 0.05) is 25.7 Å². The molecule has 2 fully saturated rings. The number of aromatic hydroxyl groups is 1. The van der Waals surface area contributed by atoms with Crippen molar-refractivity contribution < 1.29 is 34.2 Å². The van der Waals surface area contributed by atoms with Gasteiger partial charge >= 0.3 is 0 Å². The number of rotatable bonds is 3. The number of phenols is 1. The van der Waals surface area contributed by atoms with E-state index in [0.29, 0.717) is 11.3 Å². The molecule has 0 aromatic heterocycles. The van der Waals surface area contributed by atoms with Crippen LogP contribution in [0.25, 0.3) is 0 Å². The molecule has 3 aliphatic carbocycles. The zero-order valence-corrected chi connectivity index (χ0v) is 19.7. The Balaban J connectivity index is 1.92. The number of carbonyl (C=O) groups is 5. The lowest BCUT2D eigenvalue weighted by atomic mass is 9.52. The number of carbonyl (C=O) groups excluding carboxylic acids is 5. The zero-order valence-electron chi connectivity index (χ0n) is 19.7. The van der Waals surface area contributed by atoms with Crippen molar-refractivity contribution in [2.24, 2.45) is 29.4 Å². The summed E-state index contributed by atoms with van der Waals surface area (Å²) in [6, 6.07) is 2.14. The second-order valence-corrected chi connectivity index (χ2v) is 9.94. The van der Waals surface area contributed by atoms with Crippen LogP contribution in [0.2, 0.25) is 0 Å². The summed E-state index contributed by atoms with van der Waals surface area (Å²) in [7, 11) is 6.47. The van der Waals surface area contributed by atoms with Gasteiger partial charge in [0.2, 0.25) is 5.91 Å². The van der Waals surface area contributed by atoms with Crippen LogP contribution >= 0.6 is 0 Å². The van der Waals surface area contributed by atoms with Crippen molar-refractivity contribution in [3.8, 4) is 11.8 Å². The zero-order chi connectivity index (χ0) is 26.1. The van der Waals surface area contributed by atoms with Gasteiger partial charge in [-0.3, -0.25) is 28.9 Å². The summed E-state index contributed by atoms with van der Waals surface area (Å²) >= 11 is 0. The first-order valence-corrected chi connectivity index (χ1v) is 11.1. The highest BCUT2D eigenvalue weighted by Gasteiger charge is 2.69. The second-order valence-electron chi connectivity index (χ2n) is 9.94. The highest BCUT2D eigenvalue weighted by atomic mass is 16.3. The molecule has 4 rings (SSSR count). The van der Waals surface area contributed by atoms with Crippen LogP contribution in [0.4, 0.5) is 5.69 Å². The first-order valence-electron chi connectivity index (χ1n) is 11.1. The predicted molar refractivity (Wildman–Crippen MR) is 120 cm³/mol. The molecule has 6 atom stereocenters. The van der Waals surface area contributed by atoms with E-state index in [1.165, 1.54) is 25.1 Å². The number of nitrogens with zero attached hydrogens (tertiary/aromatic N) is 3. The summed E-state index contributed by atoms with van der Waals surface area (Å²) in [6.45, 7) is 0. The van der Waals surface area contributed by atoms with E-state index in [2.05, 4.69) is 0 Å². The Morgan fingerprint density at radius 2 is 1.80 bits per heavy atom. The summed E-state index contributed by atoms with van der Waals surface area (Å²) < 4.78 is 0.